The monoisotopic (exact) mass is 314 g/mol. The number of hydrogen-bond acceptors (Lipinski definition) is 3. The molecule has 6 heteroatoms. The van der Waals surface area contributed by atoms with Crippen molar-refractivity contribution in [2.45, 2.75) is 25.8 Å². The smallest absolute Gasteiger partial charge is 0.335 e. The standard InChI is InChI=1S/C12H15BrN2O3/c1-2-3-9(14)11(16)15-10-6-7(12(17)18)4-5-8(10)13/h4-6,9H,2-3,14H2,1H3,(H,15,16)(H,17,18). The van der Waals surface area contributed by atoms with Crippen LogP contribution in [0.5, 0.6) is 0 Å². The van der Waals surface area contributed by atoms with Gasteiger partial charge in [-0.05, 0) is 40.5 Å². The number of halogens is 1. The Balaban J connectivity index is 2.86. The summed E-state index contributed by atoms with van der Waals surface area (Å²) >= 11 is 3.25. The van der Waals surface area contributed by atoms with Crippen molar-refractivity contribution in [3.63, 3.8) is 0 Å². The van der Waals surface area contributed by atoms with Crippen LogP contribution in [0.25, 0.3) is 0 Å². The fourth-order valence-electron chi connectivity index (χ4n) is 1.42. The van der Waals surface area contributed by atoms with Gasteiger partial charge < -0.3 is 16.2 Å². The maximum Gasteiger partial charge on any atom is 0.335 e. The first-order valence-corrected chi connectivity index (χ1v) is 6.34. The number of nitrogens with one attached hydrogen (secondary N) is 1. The largest absolute Gasteiger partial charge is 0.478 e. The fraction of sp³-hybridized carbons (Fsp3) is 0.333. The van der Waals surface area contributed by atoms with Crippen molar-refractivity contribution >= 4 is 33.5 Å². The van der Waals surface area contributed by atoms with Crippen LogP contribution in [0.15, 0.2) is 22.7 Å². The van der Waals surface area contributed by atoms with Gasteiger partial charge in [-0.2, -0.15) is 0 Å². The lowest BCUT2D eigenvalue weighted by Gasteiger charge is -2.12. The molecule has 18 heavy (non-hydrogen) atoms. The lowest BCUT2D eigenvalue weighted by atomic mass is 10.1. The van der Waals surface area contributed by atoms with E-state index in [4.69, 9.17) is 10.8 Å². The number of hydrogen-bond donors (Lipinski definition) is 3. The second-order valence-electron chi connectivity index (χ2n) is 3.88. The number of carboxylic acid groups (broad SMARTS) is 1. The van der Waals surface area contributed by atoms with Crippen molar-refractivity contribution in [1.29, 1.82) is 0 Å². The van der Waals surface area contributed by atoms with Crippen molar-refractivity contribution in [2.75, 3.05) is 5.32 Å². The molecule has 5 nitrogen and oxygen atoms in total. The molecule has 1 atom stereocenters. The molecule has 0 spiro atoms. The molecule has 0 heterocycles. The van der Waals surface area contributed by atoms with Crippen LogP contribution in [0.2, 0.25) is 0 Å². The number of nitrogens with two attached hydrogens (primary N) is 1. The second kappa shape index (κ2) is 6.51. The number of carboxylic acids is 1. The Morgan fingerprint density at radius 3 is 2.72 bits per heavy atom. The van der Waals surface area contributed by atoms with Gasteiger partial charge in [-0.1, -0.05) is 13.3 Å². The van der Waals surface area contributed by atoms with Crippen LogP contribution in [-0.2, 0) is 4.79 Å². The van der Waals surface area contributed by atoms with Gasteiger partial charge in [-0.3, -0.25) is 4.79 Å². The first-order chi connectivity index (χ1) is 8.45. The summed E-state index contributed by atoms with van der Waals surface area (Å²) in [5.74, 6) is -1.36. The lowest BCUT2D eigenvalue weighted by Crippen LogP contribution is -2.35. The Morgan fingerprint density at radius 1 is 1.50 bits per heavy atom. The molecule has 1 amide bonds. The molecule has 0 aliphatic carbocycles. The number of rotatable bonds is 5. The average molecular weight is 315 g/mol. The van der Waals surface area contributed by atoms with E-state index in [9.17, 15) is 9.59 Å². The summed E-state index contributed by atoms with van der Waals surface area (Å²) in [4.78, 5) is 22.6. The molecular weight excluding hydrogens is 300 g/mol. The minimum Gasteiger partial charge on any atom is -0.478 e. The zero-order chi connectivity index (χ0) is 13.7. The number of benzene rings is 1. The summed E-state index contributed by atoms with van der Waals surface area (Å²) in [7, 11) is 0. The van der Waals surface area contributed by atoms with Crippen LogP contribution in [0.1, 0.15) is 30.1 Å². The molecular formula is C12H15BrN2O3. The van der Waals surface area contributed by atoms with Gasteiger partial charge in [0.05, 0.1) is 17.3 Å². The van der Waals surface area contributed by atoms with E-state index in [0.717, 1.165) is 6.42 Å². The van der Waals surface area contributed by atoms with Gasteiger partial charge >= 0.3 is 5.97 Å². The average Bonchev–Trinajstić information content (AvgIpc) is 2.31. The second-order valence-corrected chi connectivity index (χ2v) is 4.74. The van der Waals surface area contributed by atoms with Crippen LogP contribution >= 0.6 is 15.9 Å². The highest BCUT2D eigenvalue weighted by Crippen LogP contribution is 2.24. The van der Waals surface area contributed by atoms with E-state index in [2.05, 4.69) is 21.2 Å². The zero-order valence-corrected chi connectivity index (χ0v) is 11.5. The Hall–Kier alpha value is -1.40. The van der Waals surface area contributed by atoms with Gasteiger partial charge in [-0.25, -0.2) is 4.79 Å². The van der Waals surface area contributed by atoms with Crippen LogP contribution in [0.3, 0.4) is 0 Å². The SMILES string of the molecule is CCCC(N)C(=O)Nc1cc(C(=O)O)ccc1Br. The molecule has 0 fully saturated rings. The lowest BCUT2D eigenvalue weighted by molar-refractivity contribution is -0.117. The predicted molar refractivity (Wildman–Crippen MR) is 72.6 cm³/mol. The Bertz CT molecular complexity index is 463. The van der Waals surface area contributed by atoms with Crippen molar-refractivity contribution in [3.05, 3.63) is 28.2 Å². The van der Waals surface area contributed by atoms with Gasteiger partial charge in [0.1, 0.15) is 0 Å². The van der Waals surface area contributed by atoms with Gasteiger partial charge in [0.2, 0.25) is 5.91 Å². The molecule has 1 rings (SSSR count). The fourth-order valence-corrected chi connectivity index (χ4v) is 1.77. The molecule has 0 saturated heterocycles. The van der Waals surface area contributed by atoms with Crippen LogP contribution < -0.4 is 11.1 Å². The molecule has 1 aromatic carbocycles. The van der Waals surface area contributed by atoms with E-state index in [1.54, 1.807) is 6.07 Å². The maximum absolute atomic E-state index is 11.7. The van der Waals surface area contributed by atoms with E-state index in [-0.39, 0.29) is 11.5 Å². The van der Waals surface area contributed by atoms with E-state index in [1.165, 1.54) is 12.1 Å². The normalized spacial score (nSPS) is 11.9. The molecule has 4 N–H and O–H groups in total. The van der Waals surface area contributed by atoms with E-state index < -0.39 is 12.0 Å². The molecule has 1 unspecified atom stereocenters. The molecule has 0 bridgehead atoms. The maximum atomic E-state index is 11.7. The van der Waals surface area contributed by atoms with Crippen molar-refractivity contribution in [2.24, 2.45) is 5.73 Å². The number of aromatic carboxylic acids is 1. The third-order valence-corrected chi connectivity index (χ3v) is 3.10. The number of carbonyl (C=O) groups is 2. The first-order valence-electron chi connectivity index (χ1n) is 5.55. The molecule has 0 radical (unpaired) electrons. The van der Waals surface area contributed by atoms with Gasteiger partial charge in [-0.15, -0.1) is 0 Å². The van der Waals surface area contributed by atoms with Gasteiger partial charge in [0.15, 0.2) is 0 Å². The van der Waals surface area contributed by atoms with Crippen LogP contribution in [0.4, 0.5) is 5.69 Å². The number of amides is 1. The first kappa shape index (κ1) is 14.7. The summed E-state index contributed by atoms with van der Waals surface area (Å²) in [6, 6.07) is 3.83. The van der Waals surface area contributed by atoms with E-state index in [1.807, 2.05) is 6.92 Å². The van der Waals surface area contributed by atoms with E-state index in [0.29, 0.717) is 16.6 Å². The third kappa shape index (κ3) is 3.82. The Kier molecular flexibility index (Phi) is 5.30. The summed E-state index contributed by atoms with van der Waals surface area (Å²) in [5.41, 5.74) is 6.20. The summed E-state index contributed by atoms with van der Waals surface area (Å²) in [5, 5.41) is 11.5. The zero-order valence-electron chi connectivity index (χ0n) is 9.94. The molecule has 0 aromatic heterocycles. The number of carbonyl (C=O) groups excluding carboxylic acids is 1. The summed E-state index contributed by atoms with van der Waals surface area (Å²) in [6.07, 6.45) is 1.40. The molecule has 0 aliphatic rings. The highest BCUT2D eigenvalue weighted by atomic mass is 79.9. The minimum atomic E-state index is -1.05. The van der Waals surface area contributed by atoms with Crippen LogP contribution in [-0.4, -0.2) is 23.0 Å². The van der Waals surface area contributed by atoms with Gasteiger partial charge in [0.25, 0.3) is 0 Å². The Morgan fingerprint density at radius 2 is 2.17 bits per heavy atom. The topological polar surface area (TPSA) is 92.4 Å². The predicted octanol–water partition coefficient (Wildman–Crippen LogP) is 2.21. The van der Waals surface area contributed by atoms with Crippen molar-refractivity contribution in [1.82, 2.24) is 0 Å². The Labute approximate surface area is 113 Å². The van der Waals surface area contributed by atoms with Crippen LogP contribution in [0, 0.1) is 0 Å². The summed E-state index contributed by atoms with van der Waals surface area (Å²) < 4.78 is 0.615. The third-order valence-electron chi connectivity index (χ3n) is 2.41. The quantitative estimate of drug-likeness (QED) is 0.777. The van der Waals surface area contributed by atoms with Crippen molar-refractivity contribution < 1.29 is 14.7 Å². The highest BCUT2D eigenvalue weighted by Gasteiger charge is 2.15. The molecule has 1 aromatic rings. The molecule has 98 valence electrons. The van der Waals surface area contributed by atoms with E-state index >= 15 is 0 Å². The minimum absolute atomic E-state index is 0.109. The van der Waals surface area contributed by atoms with Gasteiger partial charge in [0, 0.05) is 4.47 Å². The molecule has 0 aliphatic heterocycles. The molecule has 0 saturated carbocycles. The van der Waals surface area contributed by atoms with Crippen molar-refractivity contribution in [3.8, 4) is 0 Å². The summed E-state index contributed by atoms with van der Waals surface area (Å²) in [6.45, 7) is 1.94. The number of anilines is 1. The highest BCUT2D eigenvalue weighted by molar-refractivity contribution is 9.10.